The molecule has 1 aromatic rings. The first-order chi connectivity index (χ1) is 11.2. The number of benzene rings is 1. The fraction of sp³-hybridized carbons (Fsp3) is 0.588. The first-order valence-electron chi connectivity index (χ1n) is 8.06. The number of anilines is 1. The number of hydrogen-bond donors (Lipinski definition) is 1. The second-order valence-electron chi connectivity index (χ2n) is 8.07. The number of hydrogen-bond acceptors (Lipinski definition) is 4. The third kappa shape index (κ3) is 4.46. The van der Waals surface area contributed by atoms with Crippen LogP contribution < -0.4 is 10.8 Å². The highest BCUT2D eigenvalue weighted by molar-refractivity contribution is 6.64. The van der Waals surface area contributed by atoms with E-state index in [2.05, 4.69) is 5.32 Å². The molecule has 0 aliphatic carbocycles. The average Bonchev–Trinajstić information content (AvgIpc) is 2.60. The van der Waals surface area contributed by atoms with Gasteiger partial charge in [-0.15, -0.1) is 0 Å². The van der Waals surface area contributed by atoms with Crippen LogP contribution in [0.15, 0.2) is 12.1 Å². The minimum atomic E-state index is -0.798. The van der Waals surface area contributed by atoms with Crippen LogP contribution in [0.4, 0.5) is 14.9 Å². The van der Waals surface area contributed by atoms with Crippen molar-refractivity contribution in [1.29, 1.82) is 0 Å². The number of carbonyl (C=O) groups is 1. The van der Waals surface area contributed by atoms with Crippen molar-refractivity contribution in [2.45, 2.75) is 65.3 Å². The van der Waals surface area contributed by atoms with Crippen molar-refractivity contribution < 1.29 is 23.2 Å². The van der Waals surface area contributed by atoms with Crippen LogP contribution >= 0.6 is 11.6 Å². The highest BCUT2D eigenvalue weighted by atomic mass is 35.5. The fourth-order valence-electron chi connectivity index (χ4n) is 2.25. The number of nitrogens with one attached hydrogen (secondary N) is 1. The maximum Gasteiger partial charge on any atom is 0.497 e. The minimum absolute atomic E-state index is 0.0838. The Kier molecular flexibility index (Phi) is 5.16. The molecule has 0 atom stereocenters. The summed E-state index contributed by atoms with van der Waals surface area (Å²) in [6.07, 6.45) is -0.702. The smallest absolute Gasteiger partial charge is 0.444 e. The van der Waals surface area contributed by atoms with Crippen molar-refractivity contribution >= 4 is 36.0 Å². The molecule has 1 aliphatic heterocycles. The lowest BCUT2D eigenvalue weighted by Crippen LogP contribution is -2.41. The zero-order valence-corrected chi connectivity index (χ0v) is 16.4. The predicted octanol–water partition coefficient (Wildman–Crippen LogP) is 4.13. The molecule has 1 aliphatic rings. The second-order valence-corrected chi connectivity index (χ2v) is 8.48. The number of ether oxygens (including phenoxy) is 1. The molecular formula is C17H24BClFNO4. The van der Waals surface area contributed by atoms with E-state index >= 15 is 0 Å². The quantitative estimate of drug-likeness (QED) is 0.794. The Morgan fingerprint density at radius 3 is 2.20 bits per heavy atom. The van der Waals surface area contributed by atoms with Gasteiger partial charge in [-0.1, -0.05) is 11.6 Å². The van der Waals surface area contributed by atoms with Crippen LogP contribution in [-0.2, 0) is 14.0 Å². The van der Waals surface area contributed by atoms with Crippen LogP contribution in [0.3, 0.4) is 0 Å². The molecule has 0 spiro atoms. The van der Waals surface area contributed by atoms with Gasteiger partial charge in [-0.2, -0.15) is 0 Å². The zero-order chi connectivity index (χ0) is 19.2. The molecular weight excluding hydrogens is 347 g/mol. The normalized spacial score (nSPS) is 19.0. The van der Waals surface area contributed by atoms with Crippen LogP contribution in [0.1, 0.15) is 48.5 Å². The van der Waals surface area contributed by atoms with Crippen molar-refractivity contribution in [3.63, 3.8) is 0 Å². The van der Waals surface area contributed by atoms with Crippen LogP contribution in [0.2, 0.25) is 5.02 Å². The minimum Gasteiger partial charge on any atom is -0.444 e. The highest BCUT2D eigenvalue weighted by Crippen LogP contribution is 2.37. The van der Waals surface area contributed by atoms with Crippen LogP contribution in [0, 0.1) is 5.82 Å². The van der Waals surface area contributed by atoms with Gasteiger partial charge in [0.25, 0.3) is 0 Å². The summed E-state index contributed by atoms with van der Waals surface area (Å²) in [4.78, 5) is 12.1. The summed E-state index contributed by atoms with van der Waals surface area (Å²) in [7, 11) is -0.798. The molecule has 1 saturated heterocycles. The van der Waals surface area contributed by atoms with Crippen LogP contribution in [-0.4, -0.2) is 30.0 Å². The Morgan fingerprint density at radius 2 is 1.72 bits per heavy atom. The van der Waals surface area contributed by atoms with Crippen molar-refractivity contribution in [2.24, 2.45) is 0 Å². The first-order valence-corrected chi connectivity index (χ1v) is 8.44. The maximum absolute atomic E-state index is 13.9. The van der Waals surface area contributed by atoms with Gasteiger partial charge in [0.05, 0.1) is 16.2 Å². The fourth-order valence-corrected chi connectivity index (χ4v) is 2.42. The molecule has 1 N–H and O–H groups in total. The van der Waals surface area contributed by atoms with Crippen LogP contribution in [0.5, 0.6) is 0 Å². The van der Waals surface area contributed by atoms with Gasteiger partial charge in [-0.25, -0.2) is 9.18 Å². The average molecular weight is 372 g/mol. The van der Waals surface area contributed by atoms with Gasteiger partial charge in [0, 0.05) is 11.2 Å². The molecule has 0 unspecified atom stereocenters. The molecule has 0 aromatic heterocycles. The Labute approximate surface area is 153 Å². The summed E-state index contributed by atoms with van der Waals surface area (Å²) < 4.78 is 31.1. The van der Waals surface area contributed by atoms with E-state index in [1.54, 1.807) is 20.8 Å². The predicted molar refractivity (Wildman–Crippen MR) is 97.0 cm³/mol. The van der Waals surface area contributed by atoms with Crippen LogP contribution in [0.25, 0.3) is 0 Å². The van der Waals surface area contributed by atoms with Gasteiger partial charge in [0.1, 0.15) is 11.4 Å². The van der Waals surface area contributed by atoms with E-state index in [1.807, 2.05) is 27.7 Å². The monoisotopic (exact) mass is 371 g/mol. The zero-order valence-electron chi connectivity index (χ0n) is 15.6. The van der Waals surface area contributed by atoms with E-state index in [9.17, 15) is 9.18 Å². The molecule has 25 heavy (non-hydrogen) atoms. The summed E-state index contributed by atoms with van der Waals surface area (Å²) in [6.45, 7) is 12.8. The van der Waals surface area contributed by atoms with Gasteiger partial charge in [-0.3, -0.25) is 5.32 Å². The van der Waals surface area contributed by atoms with E-state index in [0.29, 0.717) is 5.46 Å². The lowest BCUT2D eigenvalue weighted by Gasteiger charge is -2.32. The summed E-state index contributed by atoms with van der Waals surface area (Å²) in [6, 6.07) is 2.53. The molecule has 0 radical (unpaired) electrons. The maximum atomic E-state index is 13.9. The van der Waals surface area contributed by atoms with Crippen molar-refractivity contribution in [1.82, 2.24) is 0 Å². The lowest BCUT2D eigenvalue weighted by atomic mass is 9.77. The van der Waals surface area contributed by atoms with E-state index in [-0.39, 0.29) is 10.7 Å². The molecule has 2 rings (SSSR count). The van der Waals surface area contributed by atoms with E-state index in [1.165, 1.54) is 6.07 Å². The summed E-state index contributed by atoms with van der Waals surface area (Å²) >= 11 is 5.92. The lowest BCUT2D eigenvalue weighted by molar-refractivity contribution is 0.00578. The molecule has 1 amide bonds. The standard InChI is InChI=1S/C17H24BClFNO4/c1-15(2,3)23-14(22)21-13-9-12(20)11(19)8-10(13)18-24-16(4,5)17(6,7)25-18/h8-9H,1-7H3,(H,21,22). The van der Waals surface area contributed by atoms with Gasteiger partial charge in [0.2, 0.25) is 0 Å². The number of amides is 1. The Balaban J connectivity index is 2.35. The Hall–Kier alpha value is -1.31. The summed E-state index contributed by atoms with van der Waals surface area (Å²) in [5.41, 5.74) is -1.23. The van der Waals surface area contributed by atoms with Gasteiger partial charge in [-0.05, 0) is 60.6 Å². The Morgan fingerprint density at radius 1 is 1.20 bits per heavy atom. The second kappa shape index (κ2) is 6.45. The van der Waals surface area contributed by atoms with E-state index < -0.39 is 35.8 Å². The van der Waals surface area contributed by atoms with E-state index in [4.69, 9.17) is 25.6 Å². The number of carbonyl (C=O) groups excluding carboxylic acids is 1. The topological polar surface area (TPSA) is 56.8 Å². The third-order valence-corrected chi connectivity index (χ3v) is 4.52. The third-order valence-electron chi connectivity index (χ3n) is 4.24. The van der Waals surface area contributed by atoms with Gasteiger partial charge in [0.15, 0.2) is 0 Å². The molecule has 1 aromatic carbocycles. The van der Waals surface area contributed by atoms with Gasteiger partial charge >= 0.3 is 13.2 Å². The van der Waals surface area contributed by atoms with Crippen molar-refractivity contribution in [2.75, 3.05) is 5.32 Å². The number of rotatable bonds is 2. The molecule has 1 heterocycles. The molecule has 0 saturated carbocycles. The highest BCUT2D eigenvalue weighted by Gasteiger charge is 2.52. The molecule has 138 valence electrons. The van der Waals surface area contributed by atoms with Crippen molar-refractivity contribution in [3.05, 3.63) is 23.0 Å². The Bertz CT molecular complexity index is 672. The molecule has 5 nitrogen and oxygen atoms in total. The summed E-state index contributed by atoms with van der Waals surface area (Å²) in [5.74, 6) is -0.659. The summed E-state index contributed by atoms with van der Waals surface area (Å²) in [5, 5.41) is 2.46. The van der Waals surface area contributed by atoms with Gasteiger partial charge < -0.3 is 14.0 Å². The number of halogens is 2. The largest absolute Gasteiger partial charge is 0.497 e. The first kappa shape index (κ1) is 20.0. The molecule has 0 bridgehead atoms. The SMILES string of the molecule is CC(C)(C)OC(=O)Nc1cc(F)c(Cl)cc1B1OC(C)(C)C(C)(C)O1. The van der Waals surface area contributed by atoms with E-state index in [0.717, 1.165) is 6.07 Å². The molecule has 1 fully saturated rings. The molecule has 8 heteroatoms. The van der Waals surface area contributed by atoms with Crippen molar-refractivity contribution in [3.8, 4) is 0 Å².